The lowest BCUT2D eigenvalue weighted by Crippen LogP contribution is -2.53. The van der Waals surface area contributed by atoms with Crippen LogP contribution in [0, 0.1) is 5.92 Å². The summed E-state index contributed by atoms with van der Waals surface area (Å²) in [5.41, 5.74) is -0.194. The maximum absolute atomic E-state index is 12.4. The fourth-order valence-electron chi connectivity index (χ4n) is 2.90. The molecule has 0 aliphatic heterocycles. The Kier molecular flexibility index (Phi) is 4.72. The maximum atomic E-state index is 12.4. The molecule has 1 aliphatic rings. The first-order chi connectivity index (χ1) is 7.53. The highest BCUT2D eigenvalue weighted by atomic mass is 16.1. The predicted molar refractivity (Wildman–Crippen MR) is 68.5 cm³/mol. The van der Waals surface area contributed by atoms with Crippen molar-refractivity contribution >= 4 is 5.78 Å². The van der Waals surface area contributed by atoms with Gasteiger partial charge in [0.05, 0.1) is 5.54 Å². The quantitative estimate of drug-likeness (QED) is 0.668. The first-order valence-electron chi connectivity index (χ1n) is 6.34. The molecule has 1 saturated carbocycles. The van der Waals surface area contributed by atoms with Crippen LogP contribution in [0.5, 0.6) is 0 Å². The van der Waals surface area contributed by atoms with Gasteiger partial charge in [0.25, 0.3) is 0 Å². The number of rotatable bonds is 5. The van der Waals surface area contributed by atoms with Gasteiger partial charge in [-0.25, -0.2) is 0 Å². The van der Waals surface area contributed by atoms with Gasteiger partial charge in [0.15, 0.2) is 5.78 Å². The van der Waals surface area contributed by atoms with E-state index >= 15 is 0 Å². The van der Waals surface area contributed by atoms with E-state index in [4.69, 9.17) is 0 Å². The number of Topliss-reactive ketones (excluding diaryl/α,β-unsaturated/α-hetero) is 1. The fraction of sp³-hybridized carbons (Fsp3) is 0.786. The molecule has 0 aromatic rings. The maximum Gasteiger partial charge on any atom is 0.153 e. The van der Waals surface area contributed by atoms with Crippen LogP contribution in [0.4, 0.5) is 0 Å². The molecule has 1 rings (SSSR count). The number of hydrogen-bond donors (Lipinski definition) is 0. The first kappa shape index (κ1) is 13.4. The number of allylic oxidation sites excluding steroid dienone is 1. The summed E-state index contributed by atoms with van der Waals surface area (Å²) in [5.74, 6) is 1.08. The minimum Gasteiger partial charge on any atom is -0.298 e. The number of hydrogen-bond acceptors (Lipinski definition) is 2. The molecule has 0 aromatic carbocycles. The number of ketones is 1. The Bertz CT molecular complexity index is 259. The van der Waals surface area contributed by atoms with E-state index in [1.54, 1.807) is 0 Å². The third kappa shape index (κ3) is 2.73. The van der Waals surface area contributed by atoms with Gasteiger partial charge in [-0.15, -0.1) is 6.58 Å². The molecule has 0 saturated heterocycles. The summed E-state index contributed by atoms with van der Waals surface area (Å²) in [6, 6.07) is 0. The second-order valence-electron chi connectivity index (χ2n) is 5.38. The Hall–Kier alpha value is -0.630. The lowest BCUT2D eigenvalue weighted by Gasteiger charge is -2.44. The van der Waals surface area contributed by atoms with Gasteiger partial charge in [-0.2, -0.15) is 0 Å². The van der Waals surface area contributed by atoms with Crippen LogP contribution in [0.15, 0.2) is 12.7 Å². The molecule has 1 aliphatic carbocycles. The van der Waals surface area contributed by atoms with Crippen LogP contribution in [-0.2, 0) is 4.79 Å². The van der Waals surface area contributed by atoms with E-state index in [9.17, 15) is 4.79 Å². The van der Waals surface area contributed by atoms with E-state index in [0.717, 1.165) is 19.3 Å². The van der Waals surface area contributed by atoms with Gasteiger partial charge < -0.3 is 0 Å². The molecular formula is C14H25NO. The first-order valence-corrected chi connectivity index (χ1v) is 6.34. The van der Waals surface area contributed by atoms with Crippen molar-refractivity contribution in [3.8, 4) is 0 Å². The van der Waals surface area contributed by atoms with Gasteiger partial charge in [0.1, 0.15) is 0 Å². The van der Waals surface area contributed by atoms with E-state index in [0.29, 0.717) is 18.1 Å². The molecule has 2 unspecified atom stereocenters. The molecule has 0 aromatic heterocycles. The second kappa shape index (κ2) is 5.62. The van der Waals surface area contributed by atoms with Crippen LogP contribution in [-0.4, -0.2) is 30.3 Å². The van der Waals surface area contributed by atoms with E-state index in [1.807, 2.05) is 20.2 Å². The Labute approximate surface area is 99.7 Å². The molecule has 2 heteroatoms. The van der Waals surface area contributed by atoms with Crippen molar-refractivity contribution < 1.29 is 4.79 Å². The Balaban J connectivity index is 2.78. The van der Waals surface area contributed by atoms with Crippen molar-refractivity contribution in [1.82, 2.24) is 4.90 Å². The third-order valence-electron chi connectivity index (χ3n) is 3.92. The van der Waals surface area contributed by atoms with E-state index < -0.39 is 0 Å². The van der Waals surface area contributed by atoms with Crippen LogP contribution < -0.4 is 0 Å². The van der Waals surface area contributed by atoms with E-state index in [-0.39, 0.29) is 5.54 Å². The molecular weight excluding hydrogens is 198 g/mol. The summed E-state index contributed by atoms with van der Waals surface area (Å²) in [6.07, 6.45) is 7.80. The normalized spacial score (nSPS) is 30.4. The zero-order chi connectivity index (χ0) is 12.2. The highest BCUT2D eigenvalue weighted by Crippen LogP contribution is 2.37. The minimum absolute atomic E-state index is 0.194. The van der Waals surface area contributed by atoms with Crippen LogP contribution in [0.3, 0.4) is 0 Å². The molecule has 0 amide bonds. The summed E-state index contributed by atoms with van der Waals surface area (Å²) in [6.45, 7) is 5.96. The molecule has 0 heterocycles. The SMILES string of the molecule is C=CCCC(=O)C1(N(C)C)CCCC(C)C1. The molecule has 2 atom stereocenters. The van der Waals surface area contributed by atoms with Gasteiger partial charge in [0, 0.05) is 6.42 Å². The summed E-state index contributed by atoms with van der Waals surface area (Å²) in [4.78, 5) is 14.5. The number of carbonyl (C=O) groups excluding carboxylic acids is 1. The van der Waals surface area contributed by atoms with Crippen molar-refractivity contribution in [2.75, 3.05) is 14.1 Å². The summed E-state index contributed by atoms with van der Waals surface area (Å²) in [5, 5.41) is 0. The number of carbonyl (C=O) groups is 1. The molecule has 16 heavy (non-hydrogen) atoms. The number of likely N-dealkylation sites (N-methyl/N-ethyl adjacent to an activating group) is 1. The van der Waals surface area contributed by atoms with Gasteiger partial charge in [-0.05, 0) is 39.3 Å². The lowest BCUT2D eigenvalue weighted by atomic mass is 9.72. The molecule has 0 N–H and O–H groups in total. The highest BCUT2D eigenvalue weighted by Gasteiger charge is 2.42. The summed E-state index contributed by atoms with van der Waals surface area (Å²) >= 11 is 0. The average molecular weight is 223 g/mol. The smallest absolute Gasteiger partial charge is 0.153 e. The van der Waals surface area contributed by atoms with Crippen molar-refractivity contribution in [1.29, 1.82) is 0 Å². The van der Waals surface area contributed by atoms with Gasteiger partial charge in [-0.1, -0.05) is 25.8 Å². The number of nitrogens with zero attached hydrogens (tertiary/aromatic N) is 1. The lowest BCUT2D eigenvalue weighted by molar-refractivity contribution is -0.132. The monoisotopic (exact) mass is 223 g/mol. The minimum atomic E-state index is -0.194. The van der Waals surface area contributed by atoms with Crippen LogP contribution in [0.1, 0.15) is 45.4 Å². The Morgan fingerprint density at radius 3 is 2.75 bits per heavy atom. The standard InChI is InChI=1S/C14H25NO/c1-5-6-9-13(16)14(15(3)4)10-7-8-12(2)11-14/h5,12H,1,6-11H2,2-4H3. The van der Waals surface area contributed by atoms with Gasteiger partial charge >= 0.3 is 0 Å². The molecule has 0 radical (unpaired) electrons. The third-order valence-corrected chi connectivity index (χ3v) is 3.92. The van der Waals surface area contributed by atoms with Crippen molar-refractivity contribution in [3.05, 3.63) is 12.7 Å². The van der Waals surface area contributed by atoms with Crippen molar-refractivity contribution in [2.24, 2.45) is 5.92 Å². The fourth-order valence-corrected chi connectivity index (χ4v) is 2.90. The molecule has 0 spiro atoms. The van der Waals surface area contributed by atoms with Crippen LogP contribution in [0.2, 0.25) is 0 Å². The highest BCUT2D eigenvalue weighted by molar-refractivity contribution is 5.88. The molecule has 2 nitrogen and oxygen atoms in total. The van der Waals surface area contributed by atoms with Gasteiger partial charge in [0.2, 0.25) is 0 Å². The molecule has 1 fully saturated rings. The van der Waals surface area contributed by atoms with Crippen molar-refractivity contribution in [3.63, 3.8) is 0 Å². The Morgan fingerprint density at radius 1 is 1.56 bits per heavy atom. The van der Waals surface area contributed by atoms with Crippen LogP contribution in [0.25, 0.3) is 0 Å². The largest absolute Gasteiger partial charge is 0.298 e. The van der Waals surface area contributed by atoms with E-state index in [2.05, 4.69) is 18.4 Å². The van der Waals surface area contributed by atoms with Crippen LogP contribution >= 0.6 is 0 Å². The zero-order valence-electron chi connectivity index (χ0n) is 11.0. The summed E-state index contributed by atoms with van der Waals surface area (Å²) < 4.78 is 0. The average Bonchev–Trinajstić information content (AvgIpc) is 2.25. The summed E-state index contributed by atoms with van der Waals surface area (Å²) in [7, 11) is 4.09. The zero-order valence-corrected chi connectivity index (χ0v) is 11.0. The molecule has 92 valence electrons. The second-order valence-corrected chi connectivity index (χ2v) is 5.38. The Morgan fingerprint density at radius 2 is 2.25 bits per heavy atom. The molecule has 0 bridgehead atoms. The van der Waals surface area contributed by atoms with Crippen molar-refractivity contribution in [2.45, 2.75) is 51.0 Å². The topological polar surface area (TPSA) is 20.3 Å². The predicted octanol–water partition coefficient (Wildman–Crippen LogP) is 3.03. The van der Waals surface area contributed by atoms with Gasteiger partial charge in [-0.3, -0.25) is 9.69 Å². The van der Waals surface area contributed by atoms with E-state index in [1.165, 1.54) is 12.8 Å².